The fourth-order valence-corrected chi connectivity index (χ4v) is 5.46. The number of rotatable bonds is 13. The molecule has 2 heterocycles. The van der Waals surface area contributed by atoms with Gasteiger partial charge in [0.2, 0.25) is 5.91 Å². The van der Waals surface area contributed by atoms with E-state index in [9.17, 15) is 9.90 Å². The lowest BCUT2D eigenvalue weighted by atomic mass is 10.00. The van der Waals surface area contributed by atoms with Gasteiger partial charge in [-0.1, -0.05) is 39.0 Å². The number of amides is 1. The van der Waals surface area contributed by atoms with Crippen LogP contribution in [0.3, 0.4) is 0 Å². The zero-order valence-corrected chi connectivity index (χ0v) is 21.7. The number of fused-ring (bicyclic) bond motifs is 1. The van der Waals surface area contributed by atoms with Gasteiger partial charge in [-0.3, -0.25) is 9.69 Å². The van der Waals surface area contributed by atoms with Crippen molar-refractivity contribution in [1.29, 1.82) is 0 Å². The Morgan fingerprint density at radius 2 is 2.09 bits per heavy atom. The zero-order chi connectivity index (χ0) is 24.5. The van der Waals surface area contributed by atoms with Crippen molar-refractivity contribution in [2.45, 2.75) is 64.5 Å². The molecular weight excluding hydrogens is 444 g/mol. The largest absolute Gasteiger partial charge is 0.491 e. The molecule has 1 aliphatic rings. The minimum absolute atomic E-state index is 0.0959. The van der Waals surface area contributed by atoms with Gasteiger partial charge in [-0.05, 0) is 72.9 Å². The Morgan fingerprint density at radius 3 is 2.76 bits per heavy atom. The van der Waals surface area contributed by atoms with E-state index in [0.717, 1.165) is 31.6 Å². The zero-order valence-electron chi connectivity index (χ0n) is 20.9. The monoisotopic (exact) mass is 484 g/mol. The van der Waals surface area contributed by atoms with Crippen molar-refractivity contribution < 1.29 is 14.6 Å². The molecule has 0 unspecified atom stereocenters. The maximum atomic E-state index is 13.5. The number of nitrogens with zero attached hydrogens (tertiary/aromatic N) is 2. The van der Waals surface area contributed by atoms with Crippen LogP contribution in [0.2, 0.25) is 0 Å². The van der Waals surface area contributed by atoms with E-state index in [1.165, 1.54) is 16.0 Å². The van der Waals surface area contributed by atoms with Crippen molar-refractivity contribution in [1.82, 2.24) is 9.80 Å². The van der Waals surface area contributed by atoms with Crippen LogP contribution in [0.15, 0.2) is 48.4 Å². The summed E-state index contributed by atoms with van der Waals surface area (Å²) in [6.45, 7) is 13.0. The molecule has 186 valence electrons. The lowest BCUT2D eigenvalue weighted by Gasteiger charge is -2.37. The third kappa shape index (κ3) is 7.17. The summed E-state index contributed by atoms with van der Waals surface area (Å²) in [5, 5.41) is 12.5. The van der Waals surface area contributed by atoms with Gasteiger partial charge in [0.1, 0.15) is 12.4 Å². The number of carbonyl (C=O) groups is 1. The van der Waals surface area contributed by atoms with Crippen LogP contribution in [0, 0.1) is 0 Å². The van der Waals surface area contributed by atoms with Crippen LogP contribution in [0.25, 0.3) is 0 Å². The smallest absolute Gasteiger partial charge is 0.237 e. The molecule has 0 saturated carbocycles. The van der Waals surface area contributed by atoms with Crippen molar-refractivity contribution >= 4 is 17.2 Å². The summed E-state index contributed by atoms with van der Waals surface area (Å²) in [6.07, 6.45) is 4.65. The molecule has 6 heteroatoms. The molecule has 5 nitrogen and oxygen atoms in total. The highest BCUT2D eigenvalue weighted by Gasteiger charge is 2.33. The Hall–Kier alpha value is -2.15. The van der Waals surface area contributed by atoms with Gasteiger partial charge in [-0.25, -0.2) is 0 Å². The highest BCUT2D eigenvalue weighted by atomic mass is 32.1. The van der Waals surface area contributed by atoms with Crippen molar-refractivity contribution in [3.63, 3.8) is 0 Å². The second-order valence-corrected chi connectivity index (χ2v) is 10.4. The Labute approximate surface area is 209 Å². The average molecular weight is 485 g/mol. The minimum atomic E-state index is -0.449. The van der Waals surface area contributed by atoms with Crippen LogP contribution in [-0.4, -0.2) is 59.7 Å². The van der Waals surface area contributed by atoms with Gasteiger partial charge in [-0.15, -0.1) is 17.9 Å². The molecule has 0 fully saturated rings. The molecule has 0 bridgehead atoms. The molecular formula is C28H40N2O3S. The van der Waals surface area contributed by atoms with E-state index < -0.39 is 6.10 Å². The van der Waals surface area contributed by atoms with E-state index in [2.05, 4.69) is 55.8 Å². The summed E-state index contributed by atoms with van der Waals surface area (Å²) in [4.78, 5) is 18.9. The molecule has 0 radical (unpaired) electrons. The van der Waals surface area contributed by atoms with Crippen LogP contribution in [-0.2, 0) is 11.2 Å². The molecule has 0 spiro atoms. The summed E-state index contributed by atoms with van der Waals surface area (Å²) >= 11 is 1.76. The van der Waals surface area contributed by atoms with Crippen molar-refractivity contribution in [3.8, 4) is 5.75 Å². The van der Waals surface area contributed by atoms with Gasteiger partial charge in [0.15, 0.2) is 0 Å². The predicted molar refractivity (Wildman–Crippen MR) is 141 cm³/mol. The number of allylic oxidation sites excluding steroid dienone is 1. The molecule has 2 aromatic rings. The third-order valence-electron chi connectivity index (χ3n) is 6.44. The van der Waals surface area contributed by atoms with Gasteiger partial charge >= 0.3 is 0 Å². The Kier molecular flexibility index (Phi) is 10.2. The highest BCUT2D eigenvalue weighted by molar-refractivity contribution is 7.10. The molecule has 1 aliphatic heterocycles. The lowest BCUT2D eigenvalue weighted by molar-refractivity contribution is -0.136. The van der Waals surface area contributed by atoms with Crippen LogP contribution >= 0.6 is 11.3 Å². The van der Waals surface area contributed by atoms with E-state index >= 15 is 0 Å². The summed E-state index contributed by atoms with van der Waals surface area (Å²) in [5.41, 5.74) is 2.49. The second kappa shape index (κ2) is 13.1. The number of aliphatic hydroxyl groups is 1. The van der Waals surface area contributed by atoms with E-state index in [1.54, 1.807) is 11.3 Å². The quantitative estimate of drug-likeness (QED) is 0.386. The Balaban J connectivity index is 1.69. The van der Waals surface area contributed by atoms with Crippen LogP contribution in [0.5, 0.6) is 5.75 Å². The molecule has 2 atom stereocenters. The normalized spacial score (nSPS) is 16.5. The van der Waals surface area contributed by atoms with E-state index in [1.807, 2.05) is 23.1 Å². The number of hydrogen-bond acceptors (Lipinski definition) is 5. The first-order valence-electron chi connectivity index (χ1n) is 12.5. The third-order valence-corrected chi connectivity index (χ3v) is 7.44. The number of hydrogen-bond donors (Lipinski definition) is 1. The summed E-state index contributed by atoms with van der Waals surface area (Å²) in [5.74, 6) is 1.41. The first kappa shape index (κ1) is 26.5. The molecule has 1 amide bonds. The molecule has 0 saturated heterocycles. The van der Waals surface area contributed by atoms with Crippen molar-refractivity contribution in [2.24, 2.45) is 0 Å². The van der Waals surface area contributed by atoms with Crippen LogP contribution in [0.4, 0.5) is 0 Å². The Bertz CT molecular complexity index is 909. The topological polar surface area (TPSA) is 53.0 Å². The van der Waals surface area contributed by atoms with Crippen LogP contribution < -0.4 is 4.74 Å². The predicted octanol–water partition coefficient (Wildman–Crippen LogP) is 5.42. The lowest BCUT2D eigenvalue weighted by Crippen LogP contribution is -2.47. The summed E-state index contributed by atoms with van der Waals surface area (Å²) < 4.78 is 6.20. The van der Waals surface area contributed by atoms with Gasteiger partial charge in [0, 0.05) is 18.0 Å². The molecule has 1 aromatic carbocycles. The van der Waals surface area contributed by atoms with Gasteiger partial charge in [0.25, 0.3) is 0 Å². The van der Waals surface area contributed by atoms with Crippen LogP contribution in [0.1, 0.15) is 68.0 Å². The maximum Gasteiger partial charge on any atom is 0.237 e. The number of carbonyl (C=O) groups excluding carboxylic acids is 1. The maximum absolute atomic E-state index is 13.5. The van der Waals surface area contributed by atoms with E-state index in [-0.39, 0.29) is 11.9 Å². The van der Waals surface area contributed by atoms with Gasteiger partial charge in [0.05, 0.1) is 18.7 Å². The second-order valence-electron chi connectivity index (χ2n) is 9.44. The van der Waals surface area contributed by atoms with E-state index in [4.69, 9.17) is 4.74 Å². The molecule has 34 heavy (non-hydrogen) atoms. The SMILES string of the molecule is C=CCC[C@@H](O)CN(CCC)CC(=O)N1CCc2sccc2[C@H]1COc1ccc(C(C)C)cc1. The molecule has 3 rings (SSSR count). The number of ether oxygens (including phenoxy) is 1. The first-order chi connectivity index (χ1) is 16.4. The molecule has 1 N–H and O–H groups in total. The number of thiophene rings is 1. The van der Waals surface area contributed by atoms with Crippen molar-refractivity contribution in [2.75, 3.05) is 32.8 Å². The Morgan fingerprint density at radius 1 is 1.32 bits per heavy atom. The molecule has 1 aromatic heterocycles. The standard InChI is InChI=1S/C28H40N2O3S/c1-5-7-8-23(31)18-29(15-6-2)19-28(32)30-16-13-27-25(14-17-34-27)26(30)20-33-24-11-9-22(10-12-24)21(3)4/h5,9-12,14,17,21,23,26,31H,1,6-8,13,15-16,18-20H2,2-4H3/t23-,26-/m1/s1. The highest BCUT2D eigenvalue weighted by Crippen LogP contribution is 2.34. The van der Waals surface area contributed by atoms with Gasteiger partial charge in [-0.2, -0.15) is 0 Å². The van der Waals surface area contributed by atoms with Gasteiger partial charge < -0.3 is 14.7 Å². The van der Waals surface area contributed by atoms with E-state index in [0.29, 0.717) is 38.6 Å². The first-order valence-corrected chi connectivity index (χ1v) is 13.4. The summed E-state index contributed by atoms with van der Waals surface area (Å²) in [7, 11) is 0. The average Bonchev–Trinajstić information content (AvgIpc) is 3.30. The molecule has 0 aliphatic carbocycles. The van der Waals surface area contributed by atoms with Crippen molar-refractivity contribution in [3.05, 3.63) is 64.4 Å². The number of aliphatic hydroxyl groups excluding tert-OH is 1. The fourth-order valence-electron chi connectivity index (χ4n) is 4.53. The number of benzene rings is 1. The fraction of sp³-hybridized carbons (Fsp3) is 0.536. The summed E-state index contributed by atoms with van der Waals surface area (Å²) in [6, 6.07) is 10.3. The minimum Gasteiger partial charge on any atom is -0.491 e.